The molecule has 0 bridgehead atoms. The summed E-state index contributed by atoms with van der Waals surface area (Å²) in [6.07, 6.45) is 0.904. The Kier molecular flexibility index (Phi) is 4.42. The van der Waals surface area contributed by atoms with Crippen molar-refractivity contribution in [2.45, 2.75) is 25.1 Å². The van der Waals surface area contributed by atoms with Crippen LogP contribution in [0.25, 0.3) is 0 Å². The van der Waals surface area contributed by atoms with Crippen LogP contribution in [0.3, 0.4) is 0 Å². The van der Waals surface area contributed by atoms with Crippen LogP contribution in [0.1, 0.15) is 29.3 Å². The fourth-order valence-corrected chi connectivity index (χ4v) is 2.97. The molecule has 1 heterocycles. The third kappa shape index (κ3) is 3.00. The lowest BCUT2D eigenvalue weighted by atomic mass is 9.98. The summed E-state index contributed by atoms with van der Waals surface area (Å²) in [6.45, 7) is 5.20. The van der Waals surface area contributed by atoms with E-state index in [9.17, 15) is 14.9 Å². The fraction of sp³-hybridized carbons (Fsp3) is 0.500. The lowest BCUT2D eigenvalue weighted by molar-refractivity contribution is -0.385. The zero-order chi connectivity index (χ0) is 14.9. The van der Waals surface area contributed by atoms with Crippen molar-refractivity contribution in [3.05, 3.63) is 39.4 Å². The van der Waals surface area contributed by atoms with Crippen LogP contribution in [-0.4, -0.2) is 33.6 Å². The number of aryl methyl sites for hydroxylation is 1. The van der Waals surface area contributed by atoms with E-state index in [1.807, 2.05) is 6.92 Å². The van der Waals surface area contributed by atoms with Gasteiger partial charge >= 0.3 is 0 Å². The highest BCUT2D eigenvalue weighted by molar-refractivity contribution is 9.09. The molecule has 0 aliphatic carbocycles. The Morgan fingerprint density at radius 3 is 2.80 bits per heavy atom. The number of rotatable bonds is 2. The Morgan fingerprint density at radius 1 is 1.50 bits per heavy atom. The first kappa shape index (κ1) is 15.0. The molecular weight excluding hydrogens is 324 g/mol. The van der Waals surface area contributed by atoms with Crippen LogP contribution >= 0.6 is 15.9 Å². The summed E-state index contributed by atoms with van der Waals surface area (Å²) in [5.74, 6) is 0.253. The molecule has 108 valence electrons. The molecule has 1 amide bonds. The maximum absolute atomic E-state index is 12.5. The quantitative estimate of drug-likeness (QED) is 0.472. The lowest BCUT2D eigenvalue weighted by Gasteiger charge is -2.34. The second-order valence-electron chi connectivity index (χ2n) is 5.31. The lowest BCUT2D eigenvalue weighted by Crippen LogP contribution is -2.43. The van der Waals surface area contributed by atoms with Gasteiger partial charge < -0.3 is 4.90 Å². The van der Waals surface area contributed by atoms with Crippen molar-refractivity contribution in [2.24, 2.45) is 5.92 Å². The summed E-state index contributed by atoms with van der Waals surface area (Å²) in [5.41, 5.74) is 0.911. The first-order chi connectivity index (χ1) is 9.40. The minimum absolute atomic E-state index is 0.120. The molecule has 0 radical (unpaired) electrons. The molecule has 2 rings (SSSR count). The van der Waals surface area contributed by atoms with Crippen LogP contribution in [0.2, 0.25) is 0 Å². The Bertz CT molecular complexity index is 547. The van der Waals surface area contributed by atoms with Crippen molar-refractivity contribution < 1.29 is 9.72 Å². The highest BCUT2D eigenvalue weighted by Crippen LogP contribution is 2.27. The Balaban J connectivity index is 2.29. The second-order valence-corrected chi connectivity index (χ2v) is 6.49. The summed E-state index contributed by atoms with van der Waals surface area (Å²) in [6, 6.07) is 4.66. The number of hydrogen-bond donors (Lipinski definition) is 0. The van der Waals surface area contributed by atoms with Crippen LogP contribution in [0.5, 0.6) is 0 Å². The van der Waals surface area contributed by atoms with Gasteiger partial charge in [-0.05, 0) is 30.9 Å². The Hall–Kier alpha value is -1.43. The summed E-state index contributed by atoms with van der Waals surface area (Å²) in [5, 5.41) is 11.1. The molecule has 1 aromatic carbocycles. The van der Waals surface area contributed by atoms with Crippen LogP contribution in [0, 0.1) is 23.0 Å². The van der Waals surface area contributed by atoms with Crippen molar-refractivity contribution in [3.8, 4) is 0 Å². The van der Waals surface area contributed by atoms with Gasteiger partial charge in [0.25, 0.3) is 11.6 Å². The van der Waals surface area contributed by atoms with Crippen molar-refractivity contribution in [1.29, 1.82) is 0 Å². The molecule has 1 aliphatic rings. The molecule has 0 spiro atoms. The van der Waals surface area contributed by atoms with E-state index in [-0.39, 0.29) is 22.0 Å². The van der Waals surface area contributed by atoms with Crippen LogP contribution in [0.15, 0.2) is 18.2 Å². The van der Waals surface area contributed by atoms with E-state index in [0.717, 1.165) is 12.0 Å². The summed E-state index contributed by atoms with van der Waals surface area (Å²) in [4.78, 5) is 25.0. The van der Waals surface area contributed by atoms with Gasteiger partial charge in [0.05, 0.1) is 4.92 Å². The van der Waals surface area contributed by atoms with Gasteiger partial charge in [-0.2, -0.15) is 0 Å². The van der Waals surface area contributed by atoms with E-state index in [1.54, 1.807) is 17.0 Å². The fourth-order valence-electron chi connectivity index (χ4n) is 2.36. The number of carbonyl (C=O) groups excluding carboxylic acids is 1. The number of carbonyl (C=O) groups is 1. The molecule has 1 fully saturated rings. The molecule has 0 saturated carbocycles. The van der Waals surface area contributed by atoms with Gasteiger partial charge in [-0.1, -0.05) is 28.9 Å². The van der Waals surface area contributed by atoms with E-state index in [2.05, 4.69) is 22.9 Å². The van der Waals surface area contributed by atoms with Gasteiger partial charge in [0, 0.05) is 24.0 Å². The molecule has 1 aromatic rings. The highest BCUT2D eigenvalue weighted by Gasteiger charge is 2.30. The van der Waals surface area contributed by atoms with Gasteiger partial charge in [-0.3, -0.25) is 14.9 Å². The summed E-state index contributed by atoms with van der Waals surface area (Å²) in [7, 11) is 0. The molecule has 20 heavy (non-hydrogen) atoms. The first-order valence-corrected chi connectivity index (χ1v) is 7.50. The van der Waals surface area contributed by atoms with Gasteiger partial charge in [0.1, 0.15) is 5.56 Å². The number of likely N-dealkylation sites (tertiary alicyclic amines) is 1. The number of halogens is 1. The van der Waals surface area contributed by atoms with E-state index >= 15 is 0 Å². The van der Waals surface area contributed by atoms with Gasteiger partial charge in [0.2, 0.25) is 0 Å². The Morgan fingerprint density at radius 2 is 2.20 bits per heavy atom. The zero-order valence-corrected chi connectivity index (χ0v) is 13.1. The molecule has 0 aromatic heterocycles. The summed E-state index contributed by atoms with van der Waals surface area (Å²) >= 11 is 3.57. The van der Waals surface area contributed by atoms with E-state index in [0.29, 0.717) is 19.0 Å². The third-order valence-corrected chi connectivity index (χ3v) is 4.93. The van der Waals surface area contributed by atoms with Crippen LogP contribution < -0.4 is 0 Å². The third-order valence-electron chi connectivity index (χ3n) is 3.73. The van der Waals surface area contributed by atoms with E-state index in [1.165, 1.54) is 6.07 Å². The normalized spacial score (nSPS) is 22.6. The largest absolute Gasteiger partial charge is 0.337 e. The standard InChI is InChI=1S/C14H17BrN2O3/c1-9-3-4-13(17(19)20)11(7-9)14(18)16-6-5-10(2)12(15)8-16/h3-4,7,10,12H,5-6,8H2,1-2H3. The molecule has 6 heteroatoms. The predicted molar refractivity (Wildman–Crippen MR) is 80.2 cm³/mol. The second kappa shape index (κ2) is 5.91. The van der Waals surface area contributed by atoms with Gasteiger partial charge in [0.15, 0.2) is 0 Å². The van der Waals surface area contributed by atoms with Gasteiger partial charge in [-0.15, -0.1) is 0 Å². The number of amides is 1. The number of nitro groups is 1. The van der Waals surface area contributed by atoms with E-state index < -0.39 is 4.92 Å². The van der Waals surface area contributed by atoms with Crippen molar-refractivity contribution >= 4 is 27.5 Å². The smallest absolute Gasteiger partial charge is 0.282 e. The average Bonchev–Trinajstić information content (AvgIpc) is 2.40. The highest BCUT2D eigenvalue weighted by atomic mass is 79.9. The zero-order valence-electron chi connectivity index (χ0n) is 11.5. The average molecular weight is 341 g/mol. The minimum atomic E-state index is -0.495. The number of alkyl halides is 1. The van der Waals surface area contributed by atoms with Crippen molar-refractivity contribution in [1.82, 2.24) is 4.90 Å². The predicted octanol–water partition coefficient (Wildman–Crippen LogP) is 3.15. The maximum atomic E-state index is 12.5. The topological polar surface area (TPSA) is 63.5 Å². The van der Waals surface area contributed by atoms with Crippen LogP contribution in [-0.2, 0) is 0 Å². The molecule has 1 aliphatic heterocycles. The van der Waals surface area contributed by atoms with Gasteiger partial charge in [-0.25, -0.2) is 0 Å². The number of piperidine rings is 1. The summed E-state index contributed by atoms with van der Waals surface area (Å²) < 4.78 is 0. The molecule has 5 nitrogen and oxygen atoms in total. The van der Waals surface area contributed by atoms with Crippen molar-refractivity contribution in [3.63, 3.8) is 0 Å². The monoisotopic (exact) mass is 340 g/mol. The number of nitrogens with zero attached hydrogens (tertiary/aromatic N) is 2. The number of benzene rings is 1. The molecule has 2 atom stereocenters. The number of nitro benzene ring substituents is 1. The number of hydrogen-bond acceptors (Lipinski definition) is 3. The molecule has 0 N–H and O–H groups in total. The van der Waals surface area contributed by atoms with Crippen molar-refractivity contribution in [2.75, 3.05) is 13.1 Å². The van der Waals surface area contributed by atoms with E-state index in [4.69, 9.17) is 0 Å². The maximum Gasteiger partial charge on any atom is 0.282 e. The molecule has 1 saturated heterocycles. The van der Waals surface area contributed by atoms with Crippen LogP contribution in [0.4, 0.5) is 5.69 Å². The minimum Gasteiger partial charge on any atom is -0.337 e. The SMILES string of the molecule is Cc1ccc([N+](=O)[O-])c(C(=O)N2CCC(C)C(Br)C2)c1. The first-order valence-electron chi connectivity index (χ1n) is 6.58. The Labute approximate surface area is 126 Å². The molecular formula is C14H17BrN2O3. The molecule has 2 unspecified atom stereocenters.